The molecule has 0 radical (unpaired) electrons. The monoisotopic (exact) mass is 147 g/mol. The fourth-order valence-electron chi connectivity index (χ4n) is 1.91. The van der Waals surface area contributed by atoms with Gasteiger partial charge in [-0.3, -0.25) is 4.79 Å². The zero-order valence-electron chi connectivity index (χ0n) is 6.26. The zero-order chi connectivity index (χ0) is 7.84. The summed E-state index contributed by atoms with van der Waals surface area (Å²) in [5.41, 5.74) is 2.12. The van der Waals surface area contributed by atoms with Crippen molar-refractivity contribution in [1.29, 1.82) is 5.26 Å². The van der Waals surface area contributed by atoms with E-state index in [2.05, 4.69) is 6.07 Å². The molecule has 0 fully saturated rings. The summed E-state index contributed by atoms with van der Waals surface area (Å²) in [5, 5.41) is 8.61. The van der Waals surface area contributed by atoms with Gasteiger partial charge in [-0.2, -0.15) is 5.26 Å². The second-order valence-corrected chi connectivity index (χ2v) is 3.18. The topological polar surface area (TPSA) is 40.9 Å². The predicted octanol–water partition coefficient (Wildman–Crippen LogP) is 1.58. The number of hydrogen-bond acceptors (Lipinski definition) is 2. The summed E-state index contributed by atoms with van der Waals surface area (Å²) in [6.07, 6.45) is 3.57. The highest BCUT2D eigenvalue weighted by Crippen LogP contribution is 2.41. The first-order valence-corrected chi connectivity index (χ1v) is 3.97. The standard InChI is InChI=1S/C9H9NO/c10-5-7-4-6-2-1-3-8(11)9(6)7/h7H,1-4H2. The summed E-state index contributed by atoms with van der Waals surface area (Å²) < 4.78 is 0. The third-order valence-electron chi connectivity index (χ3n) is 2.52. The lowest BCUT2D eigenvalue weighted by Crippen LogP contribution is -2.27. The van der Waals surface area contributed by atoms with Crippen LogP contribution < -0.4 is 0 Å². The molecule has 0 heterocycles. The lowest BCUT2D eigenvalue weighted by Gasteiger charge is -2.31. The van der Waals surface area contributed by atoms with Crippen LogP contribution in [0.2, 0.25) is 0 Å². The van der Waals surface area contributed by atoms with Gasteiger partial charge in [0.1, 0.15) is 0 Å². The van der Waals surface area contributed by atoms with Crippen molar-refractivity contribution in [2.24, 2.45) is 5.92 Å². The third-order valence-corrected chi connectivity index (χ3v) is 2.52. The Balaban J connectivity index is 2.31. The van der Waals surface area contributed by atoms with E-state index in [1.807, 2.05) is 0 Å². The first kappa shape index (κ1) is 6.60. The molecule has 2 aliphatic rings. The van der Waals surface area contributed by atoms with Crippen molar-refractivity contribution >= 4 is 5.78 Å². The summed E-state index contributed by atoms with van der Waals surface area (Å²) in [5.74, 6) is 0.168. The number of Topliss-reactive ketones (excluding diaryl/α,β-unsaturated/α-hetero) is 1. The molecule has 0 aliphatic heterocycles. The van der Waals surface area contributed by atoms with Crippen molar-refractivity contribution in [1.82, 2.24) is 0 Å². The number of allylic oxidation sites excluding steroid dienone is 2. The van der Waals surface area contributed by atoms with Gasteiger partial charge in [-0.25, -0.2) is 0 Å². The third kappa shape index (κ3) is 0.808. The highest BCUT2D eigenvalue weighted by atomic mass is 16.1. The van der Waals surface area contributed by atoms with Crippen LogP contribution in [0.25, 0.3) is 0 Å². The molecule has 0 saturated heterocycles. The number of rotatable bonds is 0. The Kier molecular flexibility index (Phi) is 1.32. The molecular formula is C9H9NO. The number of nitrogens with zero attached hydrogens (tertiary/aromatic N) is 1. The van der Waals surface area contributed by atoms with Gasteiger partial charge in [0.15, 0.2) is 5.78 Å². The van der Waals surface area contributed by atoms with Crippen LogP contribution in [0.1, 0.15) is 25.7 Å². The molecule has 1 atom stereocenters. The SMILES string of the molecule is N#CC1CC2=C1C(=O)CCC2. The summed E-state index contributed by atoms with van der Waals surface area (Å²) in [6, 6.07) is 2.15. The number of ketones is 1. The Morgan fingerprint density at radius 1 is 1.45 bits per heavy atom. The van der Waals surface area contributed by atoms with Crippen molar-refractivity contribution in [2.45, 2.75) is 25.7 Å². The quantitative estimate of drug-likeness (QED) is 0.522. The molecule has 0 aromatic heterocycles. The molecule has 2 nitrogen and oxygen atoms in total. The van der Waals surface area contributed by atoms with Crippen LogP contribution in [-0.2, 0) is 4.79 Å². The van der Waals surface area contributed by atoms with E-state index in [1.54, 1.807) is 0 Å². The lowest BCUT2D eigenvalue weighted by atomic mass is 9.70. The van der Waals surface area contributed by atoms with Crippen molar-refractivity contribution < 1.29 is 4.79 Å². The fourth-order valence-corrected chi connectivity index (χ4v) is 1.91. The maximum Gasteiger partial charge on any atom is 0.160 e. The van der Waals surface area contributed by atoms with Crippen molar-refractivity contribution in [2.75, 3.05) is 0 Å². The molecule has 11 heavy (non-hydrogen) atoms. The van der Waals surface area contributed by atoms with E-state index in [1.165, 1.54) is 5.57 Å². The lowest BCUT2D eigenvalue weighted by molar-refractivity contribution is -0.116. The minimum Gasteiger partial charge on any atom is -0.295 e. The first-order valence-electron chi connectivity index (χ1n) is 3.97. The van der Waals surface area contributed by atoms with Crippen LogP contribution >= 0.6 is 0 Å². The molecule has 0 saturated carbocycles. The molecule has 0 spiro atoms. The van der Waals surface area contributed by atoms with Gasteiger partial charge >= 0.3 is 0 Å². The normalized spacial score (nSPS) is 29.0. The summed E-state index contributed by atoms with van der Waals surface area (Å²) in [4.78, 5) is 11.2. The molecule has 1 unspecified atom stereocenters. The molecule has 0 N–H and O–H groups in total. The summed E-state index contributed by atoms with van der Waals surface area (Å²) in [7, 11) is 0. The minimum atomic E-state index is -0.0576. The maximum atomic E-state index is 11.2. The Hall–Kier alpha value is -1.10. The Bertz CT molecular complexity index is 282. The van der Waals surface area contributed by atoms with Crippen molar-refractivity contribution in [3.63, 3.8) is 0 Å². The van der Waals surface area contributed by atoms with E-state index in [-0.39, 0.29) is 11.7 Å². The van der Waals surface area contributed by atoms with Crippen LogP contribution in [0, 0.1) is 17.2 Å². The van der Waals surface area contributed by atoms with E-state index in [4.69, 9.17) is 5.26 Å². The van der Waals surface area contributed by atoms with Gasteiger partial charge in [-0.05, 0) is 19.3 Å². The molecule has 0 amide bonds. The molecule has 2 rings (SSSR count). The number of hydrogen-bond donors (Lipinski definition) is 0. The maximum absolute atomic E-state index is 11.2. The van der Waals surface area contributed by atoms with Crippen molar-refractivity contribution in [3.05, 3.63) is 11.1 Å². The van der Waals surface area contributed by atoms with Crippen LogP contribution in [0.4, 0.5) is 0 Å². The van der Waals surface area contributed by atoms with Crippen molar-refractivity contribution in [3.8, 4) is 6.07 Å². The van der Waals surface area contributed by atoms with Gasteiger partial charge in [0.05, 0.1) is 12.0 Å². The van der Waals surface area contributed by atoms with E-state index >= 15 is 0 Å². The molecule has 56 valence electrons. The van der Waals surface area contributed by atoms with Crippen LogP contribution in [0.15, 0.2) is 11.1 Å². The largest absolute Gasteiger partial charge is 0.295 e. The fraction of sp³-hybridized carbons (Fsp3) is 0.556. The first-order chi connectivity index (χ1) is 5.33. The van der Waals surface area contributed by atoms with Gasteiger partial charge in [-0.15, -0.1) is 0 Å². The van der Waals surface area contributed by atoms with E-state index in [0.29, 0.717) is 6.42 Å². The van der Waals surface area contributed by atoms with Gasteiger partial charge in [-0.1, -0.05) is 5.57 Å². The minimum absolute atomic E-state index is 0.0576. The average molecular weight is 147 g/mol. The van der Waals surface area contributed by atoms with Crippen LogP contribution in [0.5, 0.6) is 0 Å². The van der Waals surface area contributed by atoms with Gasteiger partial charge in [0.2, 0.25) is 0 Å². The summed E-state index contributed by atoms with van der Waals surface area (Å²) in [6.45, 7) is 0. The van der Waals surface area contributed by atoms with E-state index in [0.717, 1.165) is 24.8 Å². The van der Waals surface area contributed by atoms with Crippen LogP contribution in [0.3, 0.4) is 0 Å². The molecule has 2 aliphatic carbocycles. The van der Waals surface area contributed by atoms with Gasteiger partial charge < -0.3 is 0 Å². The average Bonchev–Trinajstić information content (AvgIpc) is 1.93. The molecule has 0 aromatic carbocycles. The number of carbonyl (C=O) groups is 1. The molecular weight excluding hydrogens is 138 g/mol. The van der Waals surface area contributed by atoms with Crippen LogP contribution in [-0.4, -0.2) is 5.78 Å². The van der Waals surface area contributed by atoms with E-state index < -0.39 is 0 Å². The molecule has 0 aromatic rings. The predicted molar refractivity (Wildman–Crippen MR) is 39.6 cm³/mol. The number of carbonyl (C=O) groups excluding carboxylic acids is 1. The molecule has 2 heteroatoms. The second-order valence-electron chi connectivity index (χ2n) is 3.18. The highest BCUT2D eigenvalue weighted by molar-refractivity contribution is 5.99. The Labute approximate surface area is 65.5 Å². The zero-order valence-corrected chi connectivity index (χ0v) is 6.26. The van der Waals surface area contributed by atoms with E-state index in [9.17, 15) is 4.79 Å². The smallest absolute Gasteiger partial charge is 0.160 e. The highest BCUT2D eigenvalue weighted by Gasteiger charge is 2.35. The second kappa shape index (κ2) is 2.20. The Morgan fingerprint density at radius 2 is 2.27 bits per heavy atom. The summed E-state index contributed by atoms with van der Waals surface area (Å²) >= 11 is 0. The molecule has 0 bridgehead atoms. The number of nitriles is 1. The van der Waals surface area contributed by atoms with Gasteiger partial charge in [0, 0.05) is 12.0 Å². The van der Waals surface area contributed by atoms with Gasteiger partial charge in [0.25, 0.3) is 0 Å². The Morgan fingerprint density at radius 3 is 2.91 bits per heavy atom.